The summed E-state index contributed by atoms with van der Waals surface area (Å²) >= 11 is 0. The monoisotopic (exact) mass is 287 g/mol. The van der Waals surface area contributed by atoms with Crippen LogP contribution in [0.1, 0.15) is 46.4 Å². The summed E-state index contributed by atoms with van der Waals surface area (Å²) in [7, 11) is 0. The van der Waals surface area contributed by atoms with Crippen molar-refractivity contribution in [3.63, 3.8) is 0 Å². The zero-order chi connectivity index (χ0) is 14.8. The van der Waals surface area contributed by atoms with Gasteiger partial charge in [0.05, 0.1) is 0 Å². The Morgan fingerprint density at radius 3 is 2.00 bits per heavy atom. The van der Waals surface area contributed by atoms with E-state index in [1.54, 1.807) is 24.3 Å². The number of benzene rings is 1. The van der Waals surface area contributed by atoms with Gasteiger partial charge in [-0.1, -0.05) is 24.3 Å². The molecule has 1 aromatic carbocycles. The lowest BCUT2D eigenvalue weighted by Gasteiger charge is -2.19. The molecule has 0 spiro atoms. The summed E-state index contributed by atoms with van der Waals surface area (Å²) in [5, 5.41) is 3.15. The minimum absolute atomic E-state index is 0.00802. The van der Waals surface area contributed by atoms with Crippen molar-refractivity contribution < 1.29 is 14.0 Å². The first-order chi connectivity index (χ1) is 10.2. The van der Waals surface area contributed by atoms with Gasteiger partial charge in [-0.15, -0.1) is 0 Å². The van der Waals surface area contributed by atoms with E-state index < -0.39 is 6.67 Å². The highest BCUT2D eigenvalue weighted by atomic mass is 19.1. The number of rotatable bonds is 3. The van der Waals surface area contributed by atoms with Gasteiger partial charge in [-0.2, -0.15) is 0 Å². The van der Waals surface area contributed by atoms with Crippen LogP contribution in [0.5, 0.6) is 0 Å². The zero-order valence-electron chi connectivity index (χ0n) is 11.8. The molecule has 1 aromatic rings. The number of halogens is 1. The van der Waals surface area contributed by atoms with E-state index in [0.29, 0.717) is 41.7 Å². The smallest absolute Gasteiger partial charge is 0.190 e. The second kappa shape index (κ2) is 5.90. The molecule has 21 heavy (non-hydrogen) atoms. The lowest BCUT2D eigenvalue weighted by Crippen LogP contribution is -2.30. The van der Waals surface area contributed by atoms with Crippen molar-refractivity contribution in [3.05, 3.63) is 46.5 Å². The Balaban J connectivity index is 1.87. The van der Waals surface area contributed by atoms with Crippen LogP contribution in [0.4, 0.5) is 4.39 Å². The summed E-state index contributed by atoms with van der Waals surface area (Å²) in [6.07, 6.45) is 2.75. The number of hydrogen-bond acceptors (Lipinski definition) is 3. The minimum Gasteiger partial charge on any atom is -0.311 e. The first-order valence-corrected chi connectivity index (χ1v) is 7.42. The molecule has 2 aliphatic rings. The topological polar surface area (TPSA) is 46.2 Å². The van der Waals surface area contributed by atoms with Crippen LogP contribution in [0.3, 0.4) is 0 Å². The summed E-state index contributed by atoms with van der Waals surface area (Å²) < 4.78 is 12.3. The summed E-state index contributed by atoms with van der Waals surface area (Å²) in [6, 6.07) is 7.21. The van der Waals surface area contributed by atoms with Gasteiger partial charge in [-0.05, 0) is 25.7 Å². The second-order valence-electron chi connectivity index (χ2n) is 5.58. The summed E-state index contributed by atoms with van der Waals surface area (Å²) in [5.74, 6) is -0.0160. The van der Waals surface area contributed by atoms with E-state index in [0.717, 1.165) is 12.8 Å². The van der Waals surface area contributed by atoms with E-state index in [9.17, 15) is 14.0 Å². The molecule has 0 unspecified atom stereocenters. The van der Waals surface area contributed by atoms with Gasteiger partial charge < -0.3 is 5.32 Å². The van der Waals surface area contributed by atoms with E-state index >= 15 is 0 Å². The fourth-order valence-corrected chi connectivity index (χ4v) is 3.25. The van der Waals surface area contributed by atoms with Gasteiger partial charge >= 0.3 is 0 Å². The highest BCUT2D eigenvalue weighted by molar-refractivity contribution is 6.26. The number of hydrogen-bond donors (Lipinski definition) is 1. The van der Waals surface area contributed by atoms with Crippen molar-refractivity contribution in [1.82, 2.24) is 5.32 Å². The lowest BCUT2D eigenvalue weighted by atomic mass is 9.82. The number of nitrogens with one attached hydrogen (secondary N) is 1. The molecular formula is C17H18FNO2. The Morgan fingerprint density at radius 1 is 1.00 bits per heavy atom. The Hall–Kier alpha value is -1.81. The molecule has 0 atom stereocenters. The maximum atomic E-state index is 12.6. The Morgan fingerprint density at radius 2 is 1.52 bits per heavy atom. The number of carbonyl (C=O) groups is 2. The molecule has 4 heteroatoms. The molecule has 0 amide bonds. The maximum Gasteiger partial charge on any atom is 0.190 e. The van der Waals surface area contributed by atoms with Gasteiger partial charge in [0.1, 0.15) is 6.67 Å². The molecular weight excluding hydrogens is 269 g/mol. The fourth-order valence-electron chi connectivity index (χ4n) is 3.25. The highest BCUT2D eigenvalue weighted by Crippen LogP contribution is 2.34. The zero-order valence-corrected chi connectivity index (χ0v) is 11.8. The Kier molecular flexibility index (Phi) is 3.97. The Labute approximate surface area is 123 Å². The predicted molar refractivity (Wildman–Crippen MR) is 78.4 cm³/mol. The summed E-state index contributed by atoms with van der Waals surface area (Å²) in [4.78, 5) is 25.2. The van der Waals surface area contributed by atoms with Crippen molar-refractivity contribution in [2.45, 2.75) is 31.7 Å². The molecule has 3 rings (SSSR count). The molecule has 1 N–H and O–H groups in total. The molecule has 0 aromatic heterocycles. The van der Waals surface area contributed by atoms with Crippen molar-refractivity contribution >= 4 is 11.6 Å². The van der Waals surface area contributed by atoms with Crippen molar-refractivity contribution in [2.24, 2.45) is 0 Å². The van der Waals surface area contributed by atoms with Gasteiger partial charge in [0, 0.05) is 34.9 Å². The van der Waals surface area contributed by atoms with Crippen molar-refractivity contribution in [2.75, 3.05) is 13.2 Å². The van der Waals surface area contributed by atoms with E-state index in [2.05, 4.69) is 5.32 Å². The van der Waals surface area contributed by atoms with Crippen LogP contribution < -0.4 is 5.32 Å². The summed E-state index contributed by atoms with van der Waals surface area (Å²) in [5.41, 5.74) is 2.39. The number of Topliss-reactive ketones (excluding diaryl/α,β-unsaturated/α-hetero) is 2. The number of ketones is 2. The quantitative estimate of drug-likeness (QED) is 0.930. The van der Waals surface area contributed by atoms with Crippen LogP contribution in [0.25, 0.3) is 0 Å². The SMILES string of the molecule is O=C1C2=C(CCC(NCCF)CC2)C(=O)c2ccccc21. The van der Waals surface area contributed by atoms with E-state index in [-0.39, 0.29) is 17.6 Å². The van der Waals surface area contributed by atoms with Crippen LogP contribution in [0, 0.1) is 0 Å². The van der Waals surface area contributed by atoms with E-state index in [4.69, 9.17) is 0 Å². The largest absolute Gasteiger partial charge is 0.311 e. The predicted octanol–water partition coefficient (Wildman–Crippen LogP) is 2.86. The molecule has 2 aliphatic carbocycles. The standard InChI is InChI=1S/C17H18FNO2/c18-9-10-19-11-5-7-14-15(8-6-11)17(21)13-4-2-1-3-12(13)16(14)20/h1-4,11,19H,5-10H2. The fraction of sp³-hybridized carbons (Fsp3) is 0.412. The third-order valence-corrected chi connectivity index (χ3v) is 4.34. The third-order valence-electron chi connectivity index (χ3n) is 4.34. The highest BCUT2D eigenvalue weighted by Gasteiger charge is 2.33. The second-order valence-corrected chi connectivity index (χ2v) is 5.58. The van der Waals surface area contributed by atoms with Crippen LogP contribution in [-0.2, 0) is 0 Å². The number of alkyl halides is 1. The molecule has 0 saturated carbocycles. The number of carbonyl (C=O) groups excluding carboxylic acids is 2. The van der Waals surface area contributed by atoms with E-state index in [1.807, 2.05) is 0 Å². The maximum absolute atomic E-state index is 12.6. The molecule has 0 bridgehead atoms. The minimum atomic E-state index is -0.396. The molecule has 0 fully saturated rings. The summed E-state index contributed by atoms with van der Waals surface area (Å²) in [6.45, 7) is -0.0651. The van der Waals surface area contributed by atoms with Crippen molar-refractivity contribution in [3.8, 4) is 0 Å². The molecule has 0 aliphatic heterocycles. The number of fused-ring (bicyclic) bond motifs is 1. The average molecular weight is 287 g/mol. The van der Waals surface area contributed by atoms with Gasteiger partial charge in [0.15, 0.2) is 11.6 Å². The number of allylic oxidation sites excluding steroid dienone is 2. The van der Waals surface area contributed by atoms with Gasteiger partial charge in [0.2, 0.25) is 0 Å². The first kappa shape index (κ1) is 14.1. The molecule has 3 nitrogen and oxygen atoms in total. The van der Waals surface area contributed by atoms with Gasteiger partial charge in [0.25, 0.3) is 0 Å². The van der Waals surface area contributed by atoms with Crippen molar-refractivity contribution in [1.29, 1.82) is 0 Å². The van der Waals surface area contributed by atoms with Crippen LogP contribution >= 0.6 is 0 Å². The molecule has 110 valence electrons. The van der Waals surface area contributed by atoms with Gasteiger partial charge in [-0.25, -0.2) is 4.39 Å². The third kappa shape index (κ3) is 2.56. The van der Waals surface area contributed by atoms with E-state index in [1.165, 1.54) is 0 Å². The molecule has 0 saturated heterocycles. The molecule has 0 radical (unpaired) electrons. The van der Waals surface area contributed by atoms with Crippen LogP contribution in [0.15, 0.2) is 35.4 Å². The first-order valence-electron chi connectivity index (χ1n) is 7.42. The van der Waals surface area contributed by atoms with Gasteiger partial charge in [-0.3, -0.25) is 9.59 Å². The average Bonchev–Trinajstić information content (AvgIpc) is 2.73. The Bertz CT molecular complexity index is 572. The van der Waals surface area contributed by atoms with Crippen LogP contribution in [0.2, 0.25) is 0 Å². The van der Waals surface area contributed by atoms with Crippen LogP contribution in [-0.4, -0.2) is 30.8 Å². The molecule has 0 heterocycles. The lowest BCUT2D eigenvalue weighted by molar-refractivity contribution is 0.0970. The normalized spacial score (nSPS) is 19.3.